The van der Waals surface area contributed by atoms with Crippen molar-refractivity contribution in [2.75, 3.05) is 6.54 Å². The van der Waals surface area contributed by atoms with Crippen molar-refractivity contribution in [1.29, 1.82) is 5.26 Å². The average Bonchev–Trinajstić information content (AvgIpc) is 2.88. The van der Waals surface area contributed by atoms with Crippen LogP contribution in [-0.2, 0) is 6.42 Å². The van der Waals surface area contributed by atoms with E-state index in [1.54, 1.807) is 12.1 Å². The lowest BCUT2D eigenvalue weighted by Crippen LogP contribution is -2.22. The van der Waals surface area contributed by atoms with Crippen molar-refractivity contribution in [1.82, 2.24) is 5.32 Å². The Morgan fingerprint density at radius 1 is 1.11 bits per heavy atom. The summed E-state index contributed by atoms with van der Waals surface area (Å²) in [5.41, 5.74) is 5.59. The fourth-order valence-electron chi connectivity index (χ4n) is 4.52. The molecule has 1 N–H and O–H groups in total. The number of halogens is 1. The predicted octanol–water partition coefficient (Wildman–Crippen LogP) is 8.78. The van der Waals surface area contributed by atoms with Gasteiger partial charge in [-0.1, -0.05) is 94.7 Å². The molecule has 2 aromatic carbocycles. The lowest BCUT2D eigenvalue weighted by Gasteiger charge is -2.26. The van der Waals surface area contributed by atoms with E-state index < -0.39 is 0 Å². The minimum Gasteiger partial charge on any atom is -0.385 e. The second-order valence-corrected chi connectivity index (χ2v) is 9.45. The molecule has 0 aliphatic carbocycles. The first-order valence-corrected chi connectivity index (χ1v) is 13.1. The third-order valence-corrected chi connectivity index (χ3v) is 6.80. The maximum absolute atomic E-state index is 13.6. The smallest absolute Gasteiger partial charge is 0.123 e. The van der Waals surface area contributed by atoms with Gasteiger partial charge in [-0.3, -0.25) is 0 Å². The number of unbranched alkanes of at least 4 members (excludes halogenated alkanes) is 3. The van der Waals surface area contributed by atoms with Gasteiger partial charge in [-0.15, -0.1) is 6.58 Å². The Labute approximate surface area is 218 Å². The van der Waals surface area contributed by atoms with Gasteiger partial charge in [0.1, 0.15) is 5.82 Å². The van der Waals surface area contributed by atoms with Crippen LogP contribution in [0.15, 0.2) is 91.2 Å². The number of nitriles is 1. The van der Waals surface area contributed by atoms with Gasteiger partial charge in [0.25, 0.3) is 0 Å². The summed E-state index contributed by atoms with van der Waals surface area (Å²) in [6, 6.07) is 16.7. The Bertz CT molecular complexity index is 1100. The summed E-state index contributed by atoms with van der Waals surface area (Å²) in [5.74, 6) is 0.360. The molecule has 2 atom stereocenters. The summed E-state index contributed by atoms with van der Waals surface area (Å²) in [6.45, 7) is 15.7. The lowest BCUT2D eigenvalue weighted by atomic mass is 9.82. The lowest BCUT2D eigenvalue weighted by molar-refractivity contribution is 0.433. The van der Waals surface area contributed by atoms with Crippen molar-refractivity contribution >= 4 is 5.57 Å². The first-order chi connectivity index (χ1) is 17.4. The van der Waals surface area contributed by atoms with E-state index in [-0.39, 0.29) is 11.7 Å². The van der Waals surface area contributed by atoms with Crippen LogP contribution in [0.25, 0.3) is 5.57 Å². The van der Waals surface area contributed by atoms with Crippen LogP contribution in [0.3, 0.4) is 0 Å². The highest BCUT2D eigenvalue weighted by molar-refractivity contribution is 5.70. The van der Waals surface area contributed by atoms with Crippen LogP contribution in [-0.4, -0.2) is 6.54 Å². The monoisotopic (exact) mass is 484 g/mol. The molecule has 0 fully saturated rings. The van der Waals surface area contributed by atoms with E-state index in [0.717, 1.165) is 34.4 Å². The largest absolute Gasteiger partial charge is 0.385 e. The maximum Gasteiger partial charge on any atom is 0.123 e. The van der Waals surface area contributed by atoms with Crippen molar-refractivity contribution in [3.8, 4) is 6.07 Å². The second-order valence-electron chi connectivity index (χ2n) is 9.45. The quantitative estimate of drug-likeness (QED) is 0.156. The molecule has 2 nitrogen and oxygen atoms in total. The van der Waals surface area contributed by atoms with E-state index in [1.807, 2.05) is 37.3 Å². The summed E-state index contributed by atoms with van der Waals surface area (Å²) < 4.78 is 13.6. The van der Waals surface area contributed by atoms with Gasteiger partial charge in [0, 0.05) is 12.2 Å². The molecule has 0 spiro atoms. The Balaban J connectivity index is 2.25. The summed E-state index contributed by atoms with van der Waals surface area (Å²) >= 11 is 0. The zero-order valence-corrected chi connectivity index (χ0v) is 22.2. The zero-order valence-electron chi connectivity index (χ0n) is 22.2. The van der Waals surface area contributed by atoms with E-state index in [9.17, 15) is 9.65 Å². The molecule has 0 aliphatic heterocycles. The van der Waals surface area contributed by atoms with Crippen LogP contribution < -0.4 is 5.32 Å². The van der Waals surface area contributed by atoms with E-state index in [2.05, 4.69) is 56.6 Å². The summed E-state index contributed by atoms with van der Waals surface area (Å²) in [5, 5.41) is 13.0. The molecule has 0 aromatic heterocycles. The molecule has 0 saturated carbocycles. The molecule has 36 heavy (non-hydrogen) atoms. The van der Waals surface area contributed by atoms with Crippen LogP contribution in [0.1, 0.15) is 69.6 Å². The van der Waals surface area contributed by atoms with Crippen molar-refractivity contribution in [2.24, 2.45) is 11.8 Å². The van der Waals surface area contributed by atoms with Gasteiger partial charge < -0.3 is 5.32 Å². The van der Waals surface area contributed by atoms with Crippen LogP contribution in [0.5, 0.6) is 0 Å². The highest BCUT2D eigenvalue weighted by Gasteiger charge is 2.20. The number of hydrogen-bond donors (Lipinski definition) is 1. The first kappa shape index (κ1) is 28.9. The standard InChI is InChI=1S/C33H41FN2/c1-6-8-9-10-15-29(7-2)26(4)33(20-19-25(3)32-18-12-11-16-30(32)24-35)27(5)36-22-21-28-14-13-17-31(34)23-28/h7,11-14,16-20,23,26,29,36H,2,5-6,8-10,15,21-22H2,1,3-4H3/b25-19+,33-20-. The van der Waals surface area contributed by atoms with E-state index in [1.165, 1.54) is 31.7 Å². The molecular formula is C33H41FN2. The molecule has 2 rings (SSSR count). The highest BCUT2D eigenvalue weighted by atomic mass is 19.1. The number of nitrogens with zero attached hydrogens (tertiary/aromatic N) is 1. The molecule has 3 heteroatoms. The number of rotatable bonds is 15. The fourth-order valence-corrected chi connectivity index (χ4v) is 4.52. The summed E-state index contributed by atoms with van der Waals surface area (Å²) in [7, 11) is 0. The predicted molar refractivity (Wildman–Crippen MR) is 152 cm³/mol. The second kappa shape index (κ2) is 15.6. The maximum atomic E-state index is 13.6. The Morgan fingerprint density at radius 2 is 1.89 bits per heavy atom. The average molecular weight is 485 g/mol. The molecule has 0 radical (unpaired) electrons. The third-order valence-electron chi connectivity index (χ3n) is 6.80. The molecule has 0 saturated heterocycles. The fraction of sp³-hybridized carbons (Fsp3) is 0.364. The number of allylic oxidation sites excluding steroid dienone is 5. The number of nitrogens with one attached hydrogen (secondary N) is 1. The summed E-state index contributed by atoms with van der Waals surface area (Å²) in [4.78, 5) is 0. The van der Waals surface area contributed by atoms with Gasteiger partial charge in [-0.2, -0.15) is 5.26 Å². The van der Waals surface area contributed by atoms with E-state index >= 15 is 0 Å². The van der Waals surface area contributed by atoms with Gasteiger partial charge in [-0.25, -0.2) is 4.39 Å². The van der Waals surface area contributed by atoms with Crippen molar-refractivity contribution in [2.45, 2.75) is 59.3 Å². The summed E-state index contributed by atoms with van der Waals surface area (Å²) in [6.07, 6.45) is 13.0. The molecular weight excluding hydrogens is 443 g/mol. The third kappa shape index (κ3) is 9.00. The van der Waals surface area contributed by atoms with Crippen LogP contribution in [0, 0.1) is 29.0 Å². The topological polar surface area (TPSA) is 35.8 Å². The minimum atomic E-state index is -0.212. The molecule has 0 bridgehead atoms. The highest BCUT2D eigenvalue weighted by Crippen LogP contribution is 2.30. The molecule has 190 valence electrons. The van der Waals surface area contributed by atoms with Gasteiger partial charge in [0.15, 0.2) is 0 Å². The number of hydrogen-bond acceptors (Lipinski definition) is 2. The van der Waals surface area contributed by atoms with Crippen molar-refractivity contribution in [3.63, 3.8) is 0 Å². The van der Waals surface area contributed by atoms with E-state index in [4.69, 9.17) is 0 Å². The molecule has 0 amide bonds. The normalized spacial score (nSPS) is 13.5. The molecule has 2 aromatic rings. The SMILES string of the molecule is C=CC(CCCCCC)C(C)/C(=C/C=C(\C)c1ccccc1C#N)C(=C)NCCc1cccc(F)c1. The minimum absolute atomic E-state index is 0.212. The van der Waals surface area contributed by atoms with Crippen LogP contribution >= 0.6 is 0 Å². The van der Waals surface area contributed by atoms with Gasteiger partial charge in [0.2, 0.25) is 0 Å². The van der Waals surface area contributed by atoms with Gasteiger partial charge in [0.05, 0.1) is 11.6 Å². The Kier molecular flexibility index (Phi) is 12.5. The van der Waals surface area contributed by atoms with Crippen molar-refractivity contribution < 1.29 is 4.39 Å². The van der Waals surface area contributed by atoms with E-state index in [0.29, 0.717) is 24.4 Å². The Morgan fingerprint density at radius 3 is 2.58 bits per heavy atom. The molecule has 2 unspecified atom stereocenters. The van der Waals surface area contributed by atoms with Gasteiger partial charge >= 0.3 is 0 Å². The Hall–Kier alpha value is -3.38. The molecule has 0 aliphatic rings. The van der Waals surface area contributed by atoms with Crippen molar-refractivity contribution in [3.05, 3.63) is 114 Å². The van der Waals surface area contributed by atoms with Crippen LogP contribution in [0.2, 0.25) is 0 Å². The van der Waals surface area contributed by atoms with Gasteiger partial charge in [-0.05, 0) is 72.1 Å². The van der Waals surface area contributed by atoms with Crippen LogP contribution in [0.4, 0.5) is 4.39 Å². The number of benzene rings is 2. The first-order valence-electron chi connectivity index (χ1n) is 13.1. The molecule has 0 heterocycles. The zero-order chi connectivity index (χ0) is 26.3.